The van der Waals surface area contributed by atoms with Crippen molar-refractivity contribution < 1.29 is 4.74 Å². The van der Waals surface area contributed by atoms with E-state index in [4.69, 9.17) is 4.74 Å². The molecule has 0 aromatic heterocycles. The lowest BCUT2D eigenvalue weighted by Crippen LogP contribution is -2.36. The van der Waals surface area contributed by atoms with Crippen molar-refractivity contribution in [3.8, 4) is 5.75 Å². The third-order valence-corrected chi connectivity index (χ3v) is 4.81. The summed E-state index contributed by atoms with van der Waals surface area (Å²) in [6.45, 7) is 7.82. The fourth-order valence-corrected chi connectivity index (χ4v) is 3.11. The molecule has 1 heterocycles. The van der Waals surface area contributed by atoms with Crippen LogP contribution in [0.15, 0.2) is 22.7 Å². The Bertz CT molecular complexity index is 417. The van der Waals surface area contributed by atoms with E-state index in [1.165, 1.54) is 42.5 Å². The standard InChI is InChI=1S/C16H25BrN2O/c1-3-18-11-13-6-8-19(9-7-13)12-14-10-15(20-2)4-5-16(14)17/h4-5,10,13,18H,3,6-9,11-12H2,1-2H3. The van der Waals surface area contributed by atoms with Gasteiger partial charge in [0, 0.05) is 11.0 Å². The lowest BCUT2D eigenvalue weighted by atomic mass is 9.96. The summed E-state index contributed by atoms with van der Waals surface area (Å²) in [4.78, 5) is 2.54. The minimum absolute atomic E-state index is 0.847. The van der Waals surface area contributed by atoms with Gasteiger partial charge in [-0.05, 0) is 68.7 Å². The summed E-state index contributed by atoms with van der Waals surface area (Å²) in [5.74, 6) is 1.78. The van der Waals surface area contributed by atoms with Crippen LogP contribution >= 0.6 is 15.9 Å². The highest BCUT2D eigenvalue weighted by atomic mass is 79.9. The molecule has 3 nitrogen and oxygen atoms in total. The molecule has 1 aromatic rings. The van der Waals surface area contributed by atoms with Gasteiger partial charge in [-0.2, -0.15) is 0 Å². The highest BCUT2D eigenvalue weighted by Gasteiger charge is 2.19. The summed E-state index contributed by atoms with van der Waals surface area (Å²) in [5, 5.41) is 3.46. The molecule has 0 atom stereocenters. The number of nitrogens with zero attached hydrogens (tertiary/aromatic N) is 1. The number of piperidine rings is 1. The Morgan fingerprint density at radius 3 is 2.75 bits per heavy atom. The summed E-state index contributed by atoms with van der Waals surface area (Å²) < 4.78 is 6.49. The molecule has 2 rings (SSSR count). The predicted molar refractivity (Wildman–Crippen MR) is 87.2 cm³/mol. The predicted octanol–water partition coefficient (Wildman–Crippen LogP) is 3.28. The van der Waals surface area contributed by atoms with Crippen molar-refractivity contribution >= 4 is 15.9 Å². The molecule has 112 valence electrons. The molecule has 0 spiro atoms. The third-order valence-electron chi connectivity index (χ3n) is 4.04. The third kappa shape index (κ3) is 4.47. The number of ether oxygens (including phenoxy) is 1. The van der Waals surface area contributed by atoms with Crippen molar-refractivity contribution in [3.63, 3.8) is 0 Å². The van der Waals surface area contributed by atoms with Crippen LogP contribution in [-0.4, -0.2) is 38.2 Å². The van der Waals surface area contributed by atoms with Crippen LogP contribution < -0.4 is 10.1 Å². The average Bonchev–Trinajstić information content (AvgIpc) is 2.49. The SMILES string of the molecule is CCNCC1CCN(Cc2cc(OC)ccc2Br)CC1. The minimum atomic E-state index is 0.847. The maximum atomic E-state index is 5.31. The van der Waals surface area contributed by atoms with E-state index in [9.17, 15) is 0 Å². The fourth-order valence-electron chi connectivity index (χ4n) is 2.74. The molecule has 0 saturated carbocycles. The highest BCUT2D eigenvalue weighted by Crippen LogP contribution is 2.25. The number of hydrogen-bond donors (Lipinski definition) is 1. The van der Waals surface area contributed by atoms with Gasteiger partial charge >= 0.3 is 0 Å². The monoisotopic (exact) mass is 340 g/mol. The highest BCUT2D eigenvalue weighted by molar-refractivity contribution is 9.10. The molecule has 20 heavy (non-hydrogen) atoms. The first kappa shape index (κ1) is 15.8. The van der Waals surface area contributed by atoms with E-state index in [2.05, 4.69) is 45.2 Å². The van der Waals surface area contributed by atoms with E-state index in [-0.39, 0.29) is 0 Å². The smallest absolute Gasteiger partial charge is 0.119 e. The second kappa shape index (κ2) is 8.01. The van der Waals surface area contributed by atoms with E-state index < -0.39 is 0 Å². The zero-order valence-corrected chi connectivity index (χ0v) is 14.1. The van der Waals surface area contributed by atoms with Gasteiger partial charge in [0.2, 0.25) is 0 Å². The number of hydrogen-bond acceptors (Lipinski definition) is 3. The van der Waals surface area contributed by atoms with Gasteiger partial charge in [-0.1, -0.05) is 22.9 Å². The molecule has 0 unspecified atom stereocenters. The zero-order valence-electron chi connectivity index (χ0n) is 12.5. The van der Waals surface area contributed by atoms with Crippen LogP contribution in [0, 0.1) is 5.92 Å². The Balaban J connectivity index is 1.86. The number of rotatable bonds is 6. The summed E-state index contributed by atoms with van der Waals surface area (Å²) in [6.07, 6.45) is 2.60. The number of nitrogens with one attached hydrogen (secondary N) is 1. The van der Waals surface area contributed by atoms with Gasteiger partial charge in [0.15, 0.2) is 0 Å². The second-order valence-corrected chi connectivity index (χ2v) is 6.34. The maximum absolute atomic E-state index is 5.31. The van der Waals surface area contributed by atoms with Gasteiger partial charge in [0.05, 0.1) is 7.11 Å². The van der Waals surface area contributed by atoms with Crippen molar-refractivity contribution in [3.05, 3.63) is 28.2 Å². The molecule has 1 aliphatic rings. The number of methoxy groups -OCH3 is 1. The normalized spacial score (nSPS) is 17.4. The van der Waals surface area contributed by atoms with Crippen molar-refractivity contribution in [2.45, 2.75) is 26.3 Å². The number of benzene rings is 1. The topological polar surface area (TPSA) is 24.5 Å². The molecular weight excluding hydrogens is 316 g/mol. The van der Waals surface area contributed by atoms with Gasteiger partial charge in [-0.15, -0.1) is 0 Å². The first-order valence-corrected chi connectivity index (χ1v) is 8.27. The van der Waals surface area contributed by atoms with Crippen LogP contribution in [0.25, 0.3) is 0 Å². The second-order valence-electron chi connectivity index (χ2n) is 5.48. The molecule has 0 aliphatic carbocycles. The van der Waals surface area contributed by atoms with Crippen LogP contribution in [0.5, 0.6) is 5.75 Å². The number of halogens is 1. The van der Waals surface area contributed by atoms with Crippen LogP contribution in [-0.2, 0) is 6.54 Å². The van der Waals surface area contributed by atoms with Crippen molar-refractivity contribution in [2.75, 3.05) is 33.3 Å². The van der Waals surface area contributed by atoms with Gasteiger partial charge in [-0.3, -0.25) is 4.90 Å². The van der Waals surface area contributed by atoms with Crippen LogP contribution in [0.1, 0.15) is 25.3 Å². The first-order valence-electron chi connectivity index (χ1n) is 7.48. The van der Waals surface area contributed by atoms with Crippen LogP contribution in [0.2, 0.25) is 0 Å². The van der Waals surface area contributed by atoms with Crippen molar-refractivity contribution in [2.24, 2.45) is 5.92 Å². The Kier molecular flexibility index (Phi) is 6.33. The number of likely N-dealkylation sites (tertiary alicyclic amines) is 1. The molecule has 4 heteroatoms. The molecule has 1 aliphatic heterocycles. The van der Waals surface area contributed by atoms with E-state index in [0.717, 1.165) is 24.8 Å². The Hall–Kier alpha value is -0.580. The molecule has 0 amide bonds. The van der Waals surface area contributed by atoms with E-state index in [1.54, 1.807) is 7.11 Å². The van der Waals surface area contributed by atoms with Gasteiger partial charge in [0.1, 0.15) is 5.75 Å². The molecular formula is C16H25BrN2O. The van der Waals surface area contributed by atoms with Crippen molar-refractivity contribution in [1.29, 1.82) is 0 Å². The van der Waals surface area contributed by atoms with E-state index >= 15 is 0 Å². The first-order chi connectivity index (χ1) is 9.72. The molecule has 0 bridgehead atoms. The Labute approximate surface area is 130 Å². The van der Waals surface area contributed by atoms with Crippen LogP contribution in [0.3, 0.4) is 0 Å². The van der Waals surface area contributed by atoms with Gasteiger partial charge in [-0.25, -0.2) is 0 Å². The Morgan fingerprint density at radius 2 is 2.10 bits per heavy atom. The largest absolute Gasteiger partial charge is 0.497 e. The van der Waals surface area contributed by atoms with E-state index in [0.29, 0.717) is 0 Å². The lowest BCUT2D eigenvalue weighted by Gasteiger charge is -2.32. The van der Waals surface area contributed by atoms with Gasteiger partial charge < -0.3 is 10.1 Å². The molecule has 1 saturated heterocycles. The zero-order chi connectivity index (χ0) is 14.4. The lowest BCUT2D eigenvalue weighted by molar-refractivity contribution is 0.175. The fraction of sp³-hybridized carbons (Fsp3) is 0.625. The molecule has 0 radical (unpaired) electrons. The summed E-state index contributed by atoms with van der Waals surface area (Å²) in [7, 11) is 1.72. The van der Waals surface area contributed by atoms with Gasteiger partial charge in [0.25, 0.3) is 0 Å². The maximum Gasteiger partial charge on any atom is 0.119 e. The Morgan fingerprint density at radius 1 is 1.35 bits per heavy atom. The molecule has 1 fully saturated rings. The summed E-state index contributed by atoms with van der Waals surface area (Å²) >= 11 is 3.64. The van der Waals surface area contributed by atoms with Crippen molar-refractivity contribution in [1.82, 2.24) is 10.2 Å². The average molecular weight is 341 g/mol. The van der Waals surface area contributed by atoms with Crippen LogP contribution in [0.4, 0.5) is 0 Å². The molecule has 1 N–H and O–H groups in total. The molecule has 1 aromatic carbocycles. The quantitative estimate of drug-likeness (QED) is 0.859. The van der Waals surface area contributed by atoms with E-state index in [1.807, 2.05) is 6.07 Å². The summed E-state index contributed by atoms with van der Waals surface area (Å²) in [6, 6.07) is 6.21. The minimum Gasteiger partial charge on any atom is -0.497 e. The summed E-state index contributed by atoms with van der Waals surface area (Å²) in [5.41, 5.74) is 1.31.